The standard InChI is InChI=1S/C19H16ClNO3/c1-11-4-5-12(2)15(10-11)21-18(22)16(17(20)19(21)23)13-6-8-14(24-3)9-7-13/h4-10H,1-3H3. The van der Waals surface area contributed by atoms with Crippen molar-refractivity contribution in [3.05, 3.63) is 64.2 Å². The molecule has 0 aromatic heterocycles. The number of carbonyl (C=O) groups excluding carboxylic acids is 2. The molecule has 1 aliphatic rings. The highest BCUT2D eigenvalue weighted by Gasteiger charge is 2.39. The Kier molecular flexibility index (Phi) is 4.16. The van der Waals surface area contributed by atoms with Crippen molar-refractivity contribution in [2.45, 2.75) is 13.8 Å². The van der Waals surface area contributed by atoms with Crippen LogP contribution in [0.4, 0.5) is 5.69 Å². The number of anilines is 1. The van der Waals surface area contributed by atoms with Crippen LogP contribution in [-0.4, -0.2) is 18.9 Å². The number of hydrogen-bond acceptors (Lipinski definition) is 3. The van der Waals surface area contributed by atoms with Crippen molar-refractivity contribution in [1.29, 1.82) is 0 Å². The van der Waals surface area contributed by atoms with Gasteiger partial charge < -0.3 is 4.74 Å². The molecule has 0 fully saturated rings. The van der Waals surface area contributed by atoms with E-state index in [1.165, 1.54) is 0 Å². The molecule has 0 atom stereocenters. The van der Waals surface area contributed by atoms with Crippen molar-refractivity contribution in [3.8, 4) is 5.75 Å². The van der Waals surface area contributed by atoms with E-state index in [-0.39, 0.29) is 10.6 Å². The Morgan fingerprint density at radius 3 is 2.25 bits per heavy atom. The zero-order valence-electron chi connectivity index (χ0n) is 13.6. The van der Waals surface area contributed by atoms with Crippen LogP contribution in [0.2, 0.25) is 0 Å². The van der Waals surface area contributed by atoms with E-state index in [4.69, 9.17) is 16.3 Å². The molecule has 2 aromatic rings. The minimum atomic E-state index is -0.499. The largest absolute Gasteiger partial charge is 0.497 e. The van der Waals surface area contributed by atoms with Crippen LogP contribution in [-0.2, 0) is 9.59 Å². The molecular weight excluding hydrogens is 326 g/mol. The molecule has 0 radical (unpaired) electrons. The molecule has 0 N–H and O–H groups in total. The highest BCUT2D eigenvalue weighted by molar-refractivity contribution is 6.60. The molecular formula is C19H16ClNO3. The Morgan fingerprint density at radius 2 is 1.62 bits per heavy atom. The summed E-state index contributed by atoms with van der Waals surface area (Å²) in [4.78, 5) is 26.6. The van der Waals surface area contributed by atoms with E-state index in [2.05, 4.69) is 0 Å². The number of halogens is 1. The fourth-order valence-electron chi connectivity index (χ4n) is 2.69. The number of benzene rings is 2. The van der Waals surface area contributed by atoms with Crippen LogP contribution in [0.25, 0.3) is 5.57 Å². The minimum Gasteiger partial charge on any atom is -0.497 e. The Hall–Kier alpha value is -2.59. The smallest absolute Gasteiger partial charge is 0.277 e. The van der Waals surface area contributed by atoms with Crippen molar-refractivity contribution in [2.75, 3.05) is 12.0 Å². The maximum atomic E-state index is 12.9. The van der Waals surface area contributed by atoms with Crippen LogP contribution >= 0.6 is 11.6 Å². The minimum absolute atomic E-state index is 0.0638. The molecule has 0 bridgehead atoms. The van der Waals surface area contributed by atoms with Gasteiger partial charge in [-0.3, -0.25) is 9.59 Å². The molecule has 0 saturated carbocycles. The third kappa shape index (κ3) is 2.59. The van der Waals surface area contributed by atoms with Gasteiger partial charge in [0, 0.05) is 0 Å². The highest BCUT2D eigenvalue weighted by atomic mass is 35.5. The highest BCUT2D eigenvalue weighted by Crippen LogP contribution is 2.36. The SMILES string of the molecule is COc1ccc(C2=C(Cl)C(=O)N(c3cc(C)ccc3C)C2=O)cc1. The van der Waals surface area contributed by atoms with Gasteiger partial charge in [0.2, 0.25) is 0 Å². The van der Waals surface area contributed by atoms with Gasteiger partial charge in [0.15, 0.2) is 0 Å². The average Bonchev–Trinajstić information content (AvgIpc) is 2.80. The molecule has 4 nitrogen and oxygen atoms in total. The summed E-state index contributed by atoms with van der Waals surface area (Å²) in [5, 5.41) is -0.0638. The number of ether oxygens (including phenoxy) is 1. The van der Waals surface area contributed by atoms with Gasteiger partial charge >= 0.3 is 0 Å². The number of aryl methyl sites for hydroxylation is 2. The number of hydrogen-bond donors (Lipinski definition) is 0. The summed E-state index contributed by atoms with van der Waals surface area (Å²) in [6.07, 6.45) is 0. The summed E-state index contributed by atoms with van der Waals surface area (Å²) in [6, 6.07) is 12.5. The molecule has 2 amide bonds. The van der Waals surface area contributed by atoms with Gasteiger partial charge in [0.1, 0.15) is 10.8 Å². The molecule has 1 heterocycles. The maximum Gasteiger partial charge on any atom is 0.277 e. The fraction of sp³-hybridized carbons (Fsp3) is 0.158. The van der Waals surface area contributed by atoms with E-state index in [1.54, 1.807) is 31.4 Å². The summed E-state index contributed by atoms with van der Waals surface area (Å²) in [5.41, 5.74) is 3.16. The normalized spacial score (nSPS) is 14.6. The first kappa shape index (κ1) is 16.3. The lowest BCUT2D eigenvalue weighted by molar-refractivity contribution is -0.119. The third-order valence-electron chi connectivity index (χ3n) is 4.01. The predicted octanol–water partition coefficient (Wildman–Crippen LogP) is 3.84. The molecule has 122 valence electrons. The first-order valence-electron chi connectivity index (χ1n) is 7.44. The van der Waals surface area contributed by atoms with E-state index < -0.39 is 11.8 Å². The summed E-state index contributed by atoms with van der Waals surface area (Å²) in [7, 11) is 1.56. The second-order valence-corrected chi connectivity index (χ2v) is 6.03. The van der Waals surface area contributed by atoms with Crippen LogP contribution in [0.3, 0.4) is 0 Å². The number of imide groups is 1. The summed E-state index contributed by atoms with van der Waals surface area (Å²) in [5.74, 6) is -0.247. The van der Waals surface area contributed by atoms with Gasteiger partial charge in [-0.05, 0) is 48.7 Å². The van der Waals surface area contributed by atoms with Gasteiger partial charge in [-0.25, -0.2) is 4.90 Å². The zero-order chi connectivity index (χ0) is 17.4. The summed E-state index contributed by atoms with van der Waals surface area (Å²) in [6.45, 7) is 3.77. The van der Waals surface area contributed by atoms with Crippen LogP contribution in [0.15, 0.2) is 47.5 Å². The Labute approximate surface area is 145 Å². The summed E-state index contributed by atoms with van der Waals surface area (Å²) >= 11 is 6.20. The second kappa shape index (κ2) is 6.13. The van der Waals surface area contributed by atoms with Crippen LogP contribution in [0, 0.1) is 13.8 Å². The maximum absolute atomic E-state index is 12.9. The number of amides is 2. The van der Waals surface area contributed by atoms with Crippen molar-refractivity contribution < 1.29 is 14.3 Å². The number of methoxy groups -OCH3 is 1. The van der Waals surface area contributed by atoms with Crippen LogP contribution in [0.1, 0.15) is 16.7 Å². The first-order chi connectivity index (χ1) is 11.4. The molecule has 0 aliphatic carbocycles. The zero-order valence-corrected chi connectivity index (χ0v) is 14.3. The third-order valence-corrected chi connectivity index (χ3v) is 4.36. The van der Waals surface area contributed by atoms with Gasteiger partial charge in [0.05, 0.1) is 18.4 Å². The van der Waals surface area contributed by atoms with E-state index in [0.717, 1.165) is 16.0 Å². The lowest BCUT2D eigenvalue weighted by Crippen LogP contribution is -2.31. The fourth-order valence-corrected chi connectivity index (χ4v) is 2.96. The number of nitrogens with zero attached hydrogens (tertiary/aromatic N) is 1. The van der Waals surface area contributed by atoms with E-state index >= 15 is 0 Å². The molecule has 24 heavy (non-hydrogen) atoms. The number of carbonyl (C=O) groups is 2. The monoisotopic (exact) mass is 341 g/mol. The summed E-state index contributed by atoms with van der Waals surface area (Å²) < 4.78 is 5.11. The predicted molar refractivity (Wildman–Crippen MR) is 94.2 cm³/mol. The van der Waals surface area contributed by atoms with Crippen molar-refractivity contribution in [2.24, 2.45) is 0 Å². The van der Waals surface area contributed by atoms with Crippen LogP contribution in [0.5, 0.6) is 5.75 Å². The molecule has 0 spiro atoms. The molecule has 5 heteroatoms. The Balaban J connectivity index is 2.05. The second-order valence-electron chi connectivity index (χ2n) is 5.65. The van der Waals surface area contributed by atoms with Crippen LogP contribution < -0.4 is 9.64 Å². The van der Waals surface area contributed by atoms with Gasteiger partial charge in [-0.15, -0.1) is 0 Å². The average molecular weight is 342 g/mol. The van der Waals surface area contributed by atoms with E-state index in [0.29, 0.717) is 17.0 Å². The van der Waals surface area contributed by atoms with Gasteiger partial charge in [0.25, 0.3) is 11.8 Å². The molecule has 2 aromatic carbocycles. The topological polar surface area (TPSA) is 46.6 Å². The van der Waals surface area contributed by atoms with Crippen molar-refractivity contribution in [3.63, 3.8) is 0 Å². The first-order valence-corrected chi connectivity index (χ1v) is 7.82. The molecule has 0 saturated heterocycles. The number of rotatable bonds is 3. The van der Waals surface area contributed by atoms with Crippen molar-refractivity contribution >= 4 is 34.7 Å². The van der Waals surface area contributed by atoms with Gasteiger partial charge in [-0.1, -0.05) is 35.9 Å². The molecule has 1 aliphatic heterocycles. The Bertz CT molecular complexity index is 869. The molecule has 3 rings (SSSR count). The van der Waals surface area contributed by atoms with E-state index in [9.17, 15) is 9.59 Å². The Morgan fingerprint density at radius 1 is 0.958 bits per heavy atom. The van der Waals surface area contributed by atoms with E-state index in [1.807, 2.05) is 32.0 Å². The lowest BCUT2D eigenvalue weighted by atomic mass is 10.1. The lowest BCUT2D eigenvalue weighted by Gasteiger charge is -2.18. The van der Waals surface area contributed by atoms with Crippen molar-refractivity contribution in [1.82, 2.24) is 0 Å². The quantitative estimate of drug-likeness (QED) is 0.797. The molecule has 0 unspecified atom stereocenters. The van der Waals surface area contributed by atoms with Gasteiger partial charge in [-0.2, -0.15) is 0 Å².